The first kappa shape index (κ1) is 17.9. The average Bonchev–Trinajstić information content (AvgIpc) is 3.16. The zero-order chi connectivity index (χ0) is 18.1. The maximum atomic E-state index is 12.6. The summed E-state index contributed by atoms with van der Waals surface area (Å²) >= 11 is 0. The molecule has 0 unspecified atom stereocenters. The van der Waals surface area contributed by atoms with Gasteiger partial charge in [0.15, 0.2) is 9.84 Å². The molecule has 3 aliphatic heterocycles. The Morgan fingerprint density at radius 3 is 2.69 bits per heavy atom. The third kappa shape index (κ3) is 3.63. The van der Waals surface area contributed by atoms with Crippen molar-refractivity contribution in [2.75, 3.05) is 32.1 Å². The molecule has 0 radical (unpaired) electrons. The van der Waals surface area contributed by atoms with Gasteiger partial charge in [-0.3, -0.25) is 14.7 Å². The summed E-state index contributed by atoms with van der Waals surface area (Å²) in [6.07, 6.45) is 4.93. The summed E-state index contributed by atoms with van der Waals surface area (Å²) in [5, 5.41) is 2.68. The maximum Gasteiger partial charge on any atom is 0.223 e. The molecular formula is C18H25N3O4S. The molecule has 4 rings (SSSR count). The van der Waals surface area contributed by atoms with Crippen molar-refractivity contribution in [3.63, 3.8) is 0 Å². The molecule has 1 N–H and O–H groups in total. The SMILES string of the molecule is O=C(N[C@@H]1CS(=O)(=O)[C@H]2CN(Cc3ccncc3)C[C@@H]12)C1CCOCC1. The molecule has 4 heterocycles. The number of ether oxygens (including phenoxy) is 1. The second-order valence-electron chi connectivity index (χ2n) is 7.58. The molecule has 0 bridgehead atoms. The van der Waals surface area contributed by atoms with Gasteiger partial charge in [0.25, 0.3) is 0 Å². The number of fused-ring (bicyclic) bond motifs is 1. The van der Waals surface area contributed by atoms with Gasteiger partial charge >= 0.3 is 0 Å². The van der Waals surface area contributed by atoms with Crippen LogP contribution < -0.4 is 5.32 Å². The summed E-state index contributed by atoms with van der Waals surface area (Å²) in [6.45, 7) is 3.16. The van der Waals surface area contributed by atoms with Crippen LogP contribution in [0.15, 0.2) is 24.5 Å². The lowest BCUT2D eigenvalue weighted by atomic mass is 9.96. The van der Waals surface area contributed by atoms with E-state index in [4.69, 9.17) is 4.74 Å². The van der Waals surface area contributed by atoms with Crippen molar-refractivity contribution in [3.05, 3.63) is 30.1 Å². The van der Waals surface area contributed by atoms with Gasteiger partial charge in [0.05, 0.1) is 11.0 Å². The Morgan fingerprint density at radius 1 is 1.23 bits per heavy atom. The fourth-order valence-electron chi connectivity index (χ4n) is 4.43. The molecule has 0 spiro atoms. The van der Waals surface area contributed by atoms with Crippen molar-refractivity contribution >= 4 is 15.7 Å². The molecule has 142 valence electrons. The maximum absolute atomic E-state index is 12.6. The van der Waals surface area contributed by atoms with Crippen molar-refractivity contribution in [1.82, 2.24) is 15.2 Å². The van der Waals surface area contributed by atoms with E-state index < -0.39 is 9.84 Å². The quantitative estimate of drug-likeness (QED) is 0.805. The van der Waals surface area contributed by atoms with E-state index in [0.717, 1.165) is 5.56 Å². The molecule has 7 nitrogen and oxygen atoms in total. The molecule has 3 fully saturated rings. The van der Waals surface area contributed by atoms with Gasteiger partial charge in [-0.15, -0.1) is 0 Å². The fraction of sp³-hybridized carbons (Fsp3) is 0.667. The lowest BCUT2D eigenvalue weighted by Crippen LogP contribution is -2.45. The standard InChI is InChI=1S/C18H25N3O4S/c22-18(14-3-7-25-8-4-14)20-16-12-26(23,24)17-11-21(10-15(16)17)9-13-1-5-19-6-2-13/h1-2,5-6,14-17H,3-4,7-12H2,(H,20,22)/t15-,16+,17-/m0/s1. The zero-order valence-electron chi connectivity index (χ0n) is 14.7. The third-order valence-corrected chi connectivity index (χ3v) is 8.09. The smallest absolute Gasteiger partial charge is 0.223 e. The summed E-state index contributed by atoms with van der Waals surface area (Å²) in [5.74, 6) is -0.0207. The van der Waals surface area contributed by atoms with Crippen LogP contribution in [-0.2, 0) is 25.9 Å². The Hall–Kier alpha value is -1.51. The molecule has 0 saturated carbocycles. The highest BCUT2D eigenvalue weighted by Crippen LogP contribution is 2.35. The molecule has 0 aromatic carbocycles. The molecule has 3 aliphatic rings. The number of nitrogens with one attached hydrogen (secondary N) is 1. The summed E-state index contributed by atoms with van der Waals surface area (Å²) in [7, 11) is -3.17. The molecule has 1 aromatic heterocycles. The van der Waals surface area contributed by atoms with Crippen molar-refractivity contribution in [3.8, 4) is 0 Å². The number of sulfone groups is 1. The molecular weight excluding hydrogens is 354 g/mol. The monoisotopic (exact) mass is 379 g/mol. The lowest BCUT2D eigenvalue weighted by molar-refractivity contribution is -0.128. The average molecular weight is 379 g/mol. The number of carbonyl (C=O) groups is 1. The van der Waals surface area contributed by atoms with E-state index in [2.05, 4.69) is 15.2 Å². The van der Waals surface area contributed by atoms with Crippen LogP contribution in [0.3, 0.4) is 0 Å². The number of aromatic nitrogens is 1. The largest absolute Gasteiger partial charge is 0.381 e. The first-order valence-corrected chi connectivity index (χ1v) is 11.0. The van der Waals surface area contributed by atoms with Gasteiger partial charge in [0.2, 0.25) is 5.91 Å². The molecule has 1 amide bonds. The highest BCUT2D eigenvalue weighted by Gasteiger charge is 2.52. The van der Waals surface area contributed by atoms with Crippen LogP contribution in [0.5, 0.6) is 0 Å². The predicted octanol–water partition coefficient (Wildman–Crippen LogP) is 0.222. The second kappa shape index (κ2) is 7.25. The number of pyridine rings is 1. The van der Waals surface area contributed by atoms with E-state index in [1.165, 1.54) is 0 Å². The summed E-state index contributed by atoms with van der Waals surface area (Å²) in [6, 6.07) is 3.63. The number of hydrogen-bond donors (Lipinski definition) is 1. The van der Waals surface area contributed by atoms with E-state index in [9.17, 15) is 13.2 Å². The molecule has 0 aliphatic carbocycles. The highest BCUT2D eigenvalue weighted by atomic mass is 32.2. The Bertz CT molecular complexity index is 749. The van der Waals surface area contributed by atoms with E-state index in [1.807, 2.05) is 12.1 Å². The number of rotatable bonds is 4. The Morgan fingerprint density at radius 2 is 1.96 bits per heavy atom. The van der Waals surface area contributed by atoms with Crippen molar-refractivity contribution in [2.45, 2.75) is 30.7 Å². The molecule has 26 heavy (non-hydrogen) atoms. The summed E-state index contributed by atoms with van der Waals surface area (Å²) in [4.78, 5) is 18.7. The lowest BCUT2D eigenvalue weighted by Gasteiger charge is -2.25. The Balaban J connectivity index is 1.42. The van der Waals surface area contributed by atoms with Crippen LogP contribution in [0.25, 0.3) is 0 Å². The van der Waals surface area contributed by atoms with Crippen LogP contribution in [0.4, 0.5) is 0 Å². The van der Waals surface area contributed by atoms with Gasteiger partial charge in [-0.25, -0.2) is 8.42 Å². The van der Waals surface area contributed by atoms with E-state index in [-0.39, 0.29) is 34.8 Å². The number of carbonyl (C=O) groups excluding carboxylic acids is 1. The van der Waals surface area contributed by atoms with Gasteiger partial charge < -0.3 is 10.1 Å². The van der Waals surface area contributed by atoms with Crippen molar-refractivity contribution in [2.24, 2.45) is 11.8 Å². The van der Waals surface area contributed by atoms with Gasteiger partial charge in [-0.05, 0) is 30.5 Å². The second-order valence-corrected chi connectivity index (χ2v) is 9.85. The normalized spacial score (nSPS) is 31.6. The minimum atomic E-state index is -3.17. The third-order valence-electron chi connectivity index (χ3n) is 5.85. The van der Waals surface area contributed by atoms with Crippen LogP contribution in [0.2, 0.25) is 0 Å². The Kier molecular flexibility index (Phi) is 4.98. The number of amides is 1. The molecule has 8 heteroatoms. The van der Waals surface area contributed by atoms with Crippen LogP contribution in [0, 0.1) is 11.8 Å². The van der Waals surface area contributed by atoms with Gasteiger partial charge in [-0.2, -0.15) is 0 Å². The minimum Gasteiger partial charge on any atom is -0.381 e. The van der Waals surface area contributed by atoms with Crippen LogP contribution in [-0.4, -0.2) is 67.6 Å². The van der Waals surface area contributed by atoms with E-state index >= 15 is 0 Å². The highest BCUT2D eigenvalue weighted by molar-refractivity contribution is 7.92. The number of likely N-dealkylation sites (tertiary alicyclic amines) is 1. The van der Waals surface area contributed by atoms with Crippen molar-refractivity contribution < 1.29 is 17.9 Å². The number of nitrogens with zero attached hydrogens (tertiary/aromatic N) is 2. The summed E-state index contributed by atoms with van der Waals surface area (Å²) < 4.78 is 30.5. The predicted molar refractivity (Wildman–Crippen MR) is 96.1 cm³/mol. The Labute approximate surface area is 154 Å². The van der Waals surface area contributed by atoms with Crippen LogP contribution >= 0.6 is 0 Å². The van der Waals surface area contributed by atoms with Gasteiger partial charge in [0.1, 0.15) is 0 Å². The molecule has 3 atom stereocenters. The molecule has 3 saturated heterocycles. The fourth-order valence-corrected chi connectivity index (χ4v) is 6.75. The minimum absolute atomic E-state index is 0.0123. The van der Waals surface area contributed by atoms with Gasteiger partial charge in [-0.1, -0.05) is 0 Å². The van der Waals surface area contributed by atoms with E-state index in [1.54, 1.807) is 12.4 Å². The topological polar surface area (TPSA) is 88.6 Å². The first-order valence-electron chi connectivity index (χ1n) is 9.24. The van der Waals surface area contributed by atoms with Gasteiger partial charge in [0, 0.05) is 63.1 Å². The summed E-state index contributed by atoms with van der Waals surface area (Å²) in [5.41, 5.74) is 1.13. The number of hydrogen-bond acceptors (Lipinski definition) is 6. The molecule has 1 aromatic rings. The zero-order valence-corrected chi connectivity index (χ0v) is 15.5. The van der Waals surface area contributed by atoms with Crippen molar-refractivity contribution in [1.29, 1.82) is 0 Å². The first-order chi connectivity index (χ1) is 12.5. The van der Waals surface area contributed by atoms with Crippen LogP contribution in [0.1, 0.15) is 18.4 Å². The van der Waals surface area contributed by atoms with E-state index in [0.29, 0.717) is 45.7 Å².